The molecule has 25 heavy (non-hydrogen) atoms. The maximum Gasteiger partial charge on any atom is 0.254 e. The van der Waals surface area contributed by atoms with Gasteiger partial charge in [-0.05, 0) is 55.7 Å². The van der Waals surface area contributed by atoms with E-state index in [2.05, 4.69) is 10.4 Å². The number of halogens is 1. The predicted octanol–water partition coefficient (Wildman–Crippen LogP) is 3.16. The smallest absolute Gasteiger partial charge is 0.254 e. The van der Waals surface area contributed by atoms with Gasteiger partial charge < -0.3 is 11.1 Å². The minimum atomic E-state index is -0.0503. The van der Waals surface area contributed by atoms with Crippen LogP contribution in [-0.4, -0.2) is 27.8 Å². The van der Waals surface area contributed by atoms with Crippen molar-refractivity contribution in [2.24, 2.45) is 17.6 Å². The zero-order chi connectivity index (χ0) is 17.4. The molecule has 2 aromatic rings. The Hall–Kier alpha value is -1.85. The topological polar surface area (TPSA) is 72.9 Å². The Morgan fingerprint density at radius 1 is 1.28 bits per heavy atom. The summed E-state index contributed by atoms with van der Waals surface area (Å²) in [4.78, 5) is 12.7. The van der Waals surface area contributed by atoms with Gasteiger partial charge in [0, 0.05) is 23.3 Å². The molecule has 5 nitrogen and oxygen atoms in total. The molecule has 1 aromatic carbocycles. The number of benzene rings is 1. The van der Waals surface area contributed by atoms with E-state index in [9.17, 15) is 4.79 Å². The average molecular weight is 359 g/mol. The fraction of sp³-hybridized carbons (Fsp3) is 0.474. The van der Waals surface area contributed by atoms with Gasteiger partial charge in [0.1, 0.15) is 0 Å². The number of carbonyl (C=O) groups is 1. The van der Waals surface area contributed by atoms with Crippen molar-refractivity contribution < 1.29 is 4.79 Å². The molecule has 6 heteroatoms. The second-order valence-electron chi connectivity index (χ2n) is 7.34. The molecule has 1 heterocycles. The summed E-state index contributed by atoms with van der Waals surface area (Å²) < 4.78 is 1.68. The third-order valence-electron chi connectivity index (χ3n) is 5.59. The summed E-state index contributed by atoms with van der Waals surface area (Å²) in [6, 6.07) is 7.95. The number of nitrogens with two attached hydrogens (primary N) is 1. The van der Waals surface area contributed by atoms with Crippen molar-refractivity contribution in [2.45, 2.75) is 44.2 Å². The van der Waals surface area contributed by atoms with E-state index in [4.69, 9.17) is 17.3 Å². The van der Waals surface area contributed by atoms with Crippen LogP contribution >= 0.6 is 11.6 Å². The number of nitrogens with zero attached hydrogens (tertiary/aromatic N) is 2. The van der Waals surface area contributed by atoms with Crippen LogP contribution in [0.25, 0.3) is 5.69 Å². The van der Waals surface area contributed by atoms with Crippen molar-refractivity contribution in [1.82, 2.24) is 15.1 Å². The normalized spacial score (nSPS) is 28.6. The van der Waals surface area contributed by atoms with Crippen LogP contribution in [0.3, 0.4) is 0 Å². The van der Waals surface area contributed by atoms with Crippen molar-refractivity contribution in [3.05, 3.63) is 47.2 Å². The van der Waals surface area contributed by atoms with E-state index in [0.717, 1.165) is 31.4 Å². The number of aromatic nitrogens is 2. The summed E-state index contributed by atoms with van der Waals surface area (Å²) in [6.07, 6.45) is 8.98. The Balaban J connectivity index is 1.49. The van der Waals surface area contributed by atoms with E-state index in [-0.39, 0.29) is 18.0 Å². The number of fused-ring (bicyclic) bond motifs is 2. The van der Waals surface area contributed by atoms with Crippen LogP contribution in [0.5, 0.6) is 0 Å². The lowest BCUT2D eigenvalue weighted by molar-refractivity contribution is 0.0756. The largest absolute Gasteiger partial charge is 0.349 e. The first-order valence-corrected chi connectivity index (χ1v) is 9.35. The Kier molecular flexibility index (Phi) is 4.52. The Morgan fingerprint density at radius 2 is 2.04 bits per heavy atom. The quantitative estimate of drug-likeness (QED) is 0.885. The lowest BCUT2D eigenvalue weighted by atomic mass is 9.67. The van der Waals surface area contributed by atoms with Crippen LogP contribution in [0, 0.1) is 11.8 Å². The standard InChI is InChI=1S/C19H23ClN4O/c20-15-5-2-6-17(9-15)24-11-14(10-22-24)19(25)23-18-12-3-1-4-13(18)8-16(21)7-12/h2,5-6,9-13,16,18H,1,3-4,7-8,21H2,(H,23,25). The van der Waals surface area contributed by atoms with Crippen LogP contribution in [-0.2, 0) is 0 Å². The third-order valence-corrected chi connectivity index (χ3v) is 5.83. The van der Waals surface area contributed by atoms with E-state index in [1.54, 1.807) is 17.1 Å². The van der Waals surface area contributed by atoms with E-state index < -0.39 is 0 Å². The molecule has 0 saturated heterocycles. The zero-order valence-corrected chi connectivity index (χ0v) is 14.8. The average Bonchev–Trinajstić information content (AvgIpc) is 3.06. The van der Waals surface area contributed by atoms with E-state index >= 15 is 0 Å². The number of nitrogens with one attached hydrogen (secondary N) is 1. The van der Waals surface area contributed by atoms with Crippen LogP contribution in [0.1, 0.15) is 42.5 Å². The van der Waals surface area contributed by atoms with Gasteiger partial charge in [-0.25, -0.2) is 4.68 Å². The minimum Gasteiger partial charge on any atom is -0.349 e. The highest BCUT2D eigenvalue weighted by atomic mass is 35.5. The summed E-state index contributed by atoms with van der Waals surface area (Å²) in [6.45, 7) is 0. The van der Waals surface area contributed by atoms with Gasteiger partial charge >= 0.3 is 0 Å². The monoisotopic (exact) mass is 358 g/mol. The molecule has 2 fully saturated rings. The minimum absolute atomic E-state index is 0.0503. The molecule has 0 spiro atoms. The number of hydrogen-bond donors (Lipinski definition) is 2. The number of amides is 1. The molecule has 1 aromatic heterocycles. The second-order valence-corrected chi connectivity index (χ2v) is 7.77. The fourth-order valence-electron chi connectivity index (χ4n) is 4.46. The van der Waals surface area contributed by atoms with Crippen LogP contribution in [0.4, 0.5) is 0 Å². The summed E-state index contributed by atoms with van der Waals surface area (Å²) in [7, 11) is 0. The lowest BCUT2D eigenvalue weighted by Crippen LogP contribution is -2.53. The Bertz CT molecular complexity index is 760. The van der Waals surface area contributed by atoms with Crippen molar-refractivity contribution in [3.63, 3.8) is 0 Å². The van der Waals surface area contributed by atoms with Gasteiger partial charge in [-0.1, -0.05) is 24.1 Å². The lowest BCUT2D eigenvalue weighted by Gasteiger charge is -2.45. The van der Waals surface area contributed by atoms with E-state index in [1.165, 1.54) is 6.42 Å². The third kappa shape index (κ3) is 3.44. The van der Waals surface area contributed by atoms with Gasteiger partial charge in [-0.15, -0.1) is 0 Å². The Morgan fingerprint density at radius 3 is 2.76 bits per heavy atom. The Labute approximate surface area is 152 Å². The van der Waals surface area contributed by atoms with Gasteiger partial charge in [0.2, 0.25) is 0 Å². The molecule has 2 atom stereocenters. The molecule has 3 N–H and O–H groups in total. The SMILES string of the molecule is NC1CC2CCCC(C1)C2NC(=O)c1cnn(-c2cccc(Cl)c2)c1. The number of carbonyl (C=O) groups excluding carboxylic acids is 1. The molecule has 2 saturated carbocycles. The highest BCUT2D eigenvalue weighted by Crippen LogP contribution is 2.39. The van der Waals surface area contributed by atoms with Gasteiger partial charge in [-0.3, -0.25) is 4.79 Å². The summed E-state index contributed by atoms with van der Waals surface area (Å²) in [5, 5.41) is 8.21. The number of hydrogen-bond acceptors (Lipinski definition) is 3. The van der Waals surface area contributed by atoms with Gasteiger partial charge in [-0.2, -0.15) is 5.10 Å². The van der Waals surface area contributed by atoms with Gasteiger partial charge in [0.05, 0.1) is 17.4 Å². The van der Waals surface area contributed by atoms with Crippen molar-refractivity contribution in [3.8, 4) is 5.69 Å². The summed E-state index contributed by atoms with van der Waals surface area (Å²) in [5.74, 6) is 0.967. The fourth-order valence-corrected chi connectivity index (χ4v) is 4.64. The van der Waals surface area contributed by atoms with Crippen molar-refractivity contribution >= 4 is 17.5 Å². The molecule has 2 aliphatic carbocycles. The molecule has 2 aliphatic rings. The molecular weight excluding hydrogens is 336 g/mol. The maximum absolute atomic E-state index is 12.7. The second kappa shape index (κ2) is 6.81. The molecule has 2 unspecified atom stereocenters. The van der Waals surface area contributed by atoms with Gasteiger partial charge in [0.15, 0.2) is 0 Å². The highest BCUT2D eigenvalue weighted by molar-refractivity contribution is 6.30. The van der Waals surface area contributed by atoms with Crippen LogP contribution < -0.4 is 11.1 Å². The molecule has 2 bridgehead atoms. The first-order valence-electron chi connectivity index (χ1n) is 8.97. The van der Waals surface area contributed by atoms with Crippen LogP contribution in [0.2, 0.25) is 5.02 Å². The molecule has 0 aliphatic heterocycles. The number of rotatable bonds is 3. The highest BCUT2D eigenvalue weighted by Gasteiger charge is 2.40. The zero-order valence-electron chi connectivity index (χ0n) is 14.1. The van der Waals surface area contributed by atoms with Gasteiger partial charge in [0.25, 0.3) is 5.91 Å². The molecule has 132 valence electrons. The van der Waals surface area contributed by atoms with E-state index in [1.807, 2.05) is 24.3 Å². The molecular formula is C19H23ClN4O. The molecule has 4 rings (SSSR count). The summed E-state index contributed by atoms with van der Waals surface area (Å²) in [5.41, 5.74) is 7.59. The van der Waals surface area contributed by atoms with Crippen LogP contribution in [0.15, 0.2) is 36.7 Å². The van der Waals surface area contributed by atoms with E-state index in [0.29, 0.717) is 22.4 Å². The molecule has 0 radical (unpaired) electrons. The van der Waals surface area contributed by atoms with Crippen molar-refractivity contribution in [1.29, 1.82) is 0 Å². The maximum atomic E-state index is 12.7. The summed E-state index contributed by atoms with van der Waals surface area (Å²) >= 11 is 6.03. The predicted molar refractivity (Wildman–Crippen MR) is 97.9 cm³/mol. The first-order chi connectivity index (χ1) is 12.1. The van der Waals surface area contributed by atoms with Crippen molar-refractivity contribution in [2.75, 3.05) is 0 Å². The molecule has 1 amide bonds. The first kappa shape index (κ1) is 16.6.